The van der Waals surface area contributed by atoms with Crippen LogP contribution in [0.15, 0.2) is 60.7 Å². The number of pyridine rings is 1. The molecule has 0 unspecified atom stereocenters. The van der Waals surface area contributed by atoms with Crippen molar-refractivity contribution in [3.63, 3.8) is 0 Å². The maximum absolute atomic E-state index is 12.7. The number of carbonyl (C=O) groups is 1. The predicted molar refractivity (Wildman–Crippen MR) is 140 cm³/mol. The molecule has 3 aromatic rings. The fourth-order valence-corrected chi connectivity index (χ4v) is 4.54. The number of aromatic nitrogens is 1. The van der Waals surface area contributed by atoms with Gasteiger partial charge in [0, 0.05) is 30.6 Å². The summed E-state index contributed by atoms with van der Waals surface area (Å²) in [5.74, 6) is 0.938. The highest BCUT2D eigenvalue weighted by atomic mass is 16.6. The summed E-state index contributed by atoms with van der Waals surface area (Å²) in [6.07, 6.45) is 3.23. The quantitative estimate of drug-likeness (QED) is 0.443. The Morgan fingerprint density at radius 1 is 1.06 bits per heavy atom. The number of nitrogens with two attached hydrogens (primary N) is 1. The first-order valence-electron chi connectivity index (χ1n) is 12.5. The van der Waals surface area contributed by atoms with Crippen LogP contribution in [0.1, 0.15) is 49.8 Å². The maximum Gasteiger partial charge on any atom is 0.410 e. The highest BCUT2D eigenvalue weighted by Gasteiger charge is 2.29. The van der Waals surface area contributed by atoms with Crippen LogP contribution >= 0.6 is 0 Å². The van der Waals surface area contributed by atoms with Gasteiger partial charge in [0.25, 0.3) is 0 Å². The molecule has 7 heteroatoms. The molecule has 4 rings (SSSR count). The van der Waals surface area contributed by atoms with Gasteiger partial charge in [0.05, 0.1) is 12.3 Å². The minimum atomic E-state index is -0.799. The molecule has 1 saturated heterocycles. The largest absolute Gasteiger partial charge is 0.488 e. The molecule has 7 nitrogen and oxygen atoms in total. The SMILES string of the molecule is CC(C)(Cc1cc(-c2ccccc2OCc2ccccc2)nc(N)c1CO)OC(=O)N1CCCCC1. The van der Waals surface area contributed by atoms with E-state index in [0.29, 0.717) is 30.0 Å². The van der Waals surface area contributed by atoms with Crippen LogP contribution in [-0.2, 0) is 24.4 Å². The van der Waals surface area contributed by atoms with Crippen molar-refractivity contribution in [2.45, 2.75) is 58.3 Å². The van der Waals surface area contributed by atoms with E-state index in [1.54, 1.807) is 4.90 Å². The third-order valence-electron chi connectivity index (χ3n) is 6.40. The van der Waals surface area contributed by atoms with Crippen molar-refractivity contribution in [2.24, 2.45) is 0 Å². The fourth-order valence-electron chi connectivity index (χ4n) is 4.54. The number of aliphatic hydroxyl groups excluding tert-OH is 1. The van der Waals surface area contributed by atoms with Gasteiger partial charge in [-0.1, -0.05) is 42.5 Å². The smallest absolute Gasteiger partial charge is 0.410 e. The Morgan fingerprint density at radius 2 is 1.75 bits per heavy atom. The van der Waals surface area contributed by atoms with E-state index in [2.05, 4.69) is 4.98 Å². The number of benzene rings is 2. The van der Waals surface area contributed by atoms with Crippen molar-refractivity contribution in [3.8, 4) is 17.0 Å². The molecular formula is C29H35N3O4. The number of hydrogen-bond acceptors (Lipinski definition) is 6. The number of nitrogens with zero attached hydrogens (tertiary/aromatic N) is 2. The summed E-state index contributed by atoms with van der Waals surface area (Å²) < 4.78 is 12.0. The number of anilines is 1. The second kappa shape index (κ2) is 11.4. The monoisotopic (exact) mass is 489 g/mol. The van der Waals surface area contributed by atoms with Gasteiger partial charge in [-0.25, -0.2) is 9.78 Å². The zero-order valence-electron chi connectivity index (χ0n) is 21.1. The van der Waals surface area contributed by atoms with Crippen molar-refractivity contribution >= 4 is 11.9 Å². The molecule has 3 N–H and O–H groups in total. The summed E-state index contributed by atoms with van der Waals surface area (Å²) in [6, 6.07) is 19.5. The lowest BCUT2D eigenvalue weighted by molar-refractivity contribution is 0.0107. The van der Waals surface area contributed by atoms with Crippen molar-refractivity contribution in [1.29, 1.82) is 0 Å². The number of likely N-dealkylation sites (tertiary alicyclic amines) is 1. The molecule has 0 atom stereocenters. The van der Waals surface area contributed by atoms with Gasteiger partial charge < -0.3 is 25.2 Å². The van der Waals surface area contributed by atoms with Crippen LogP contribution in [0.4, 0.5) is 10.6 Å². The number of piperidine rings is 1. The summed E-state index contributed by atoms with van der Waals surface area (Å²) >= 11 is 0. The zero-order valence-corrected chi connectivity index (χ0v) is 21.1. The van der Waals surface area contributed by atoms with Crippen LogP contribution in [0, 0.1) is 0 Å². The Bertz CT molecular complexity index is 1170. The maximum atomic E-state index is 12.7. The number of hydrogen-bond donors (Lipinski definition) is 2. The normalized spacial score (nSPS) is 13.9. The number of ether oxygens (including phenoxy) is 2. The van der Waals surface area contributed by atoms with Gasteiger partial charge in [0.15, 0.2) is 0 Å². The van der Waals surface area contributed by atoms with Gasteiger partial charge in [-0.3, -0.25) is 0 Å². The third-order valence-corrected chi connectivity index (χ3v) is 6.40. The van der Waals surface area contributed by atoms with Crippen molar-refractivity contribution in [3.05, 3.63) is 77.4 Å². The Balaban J connectivity index is 1.58. The Hall–Kier alpha value is -3.58. The minimum absolute atomic E-state index is 0.251. The third kappa shape index (κ3) is 6.34. The number of nitrogen functional groups attached to an aromatic ring is 1. The van der Waals surface area contributed by atoms with Gasteiger partial charge >= 0.3 is 6.09 Å². The molecule has 0 aliphatic carbocycles. The second-order valence-electron chi connectivity index (χ2n) is 9.81. The number of amides is 1. The van der Waals surface area contributed by atoms with Gasteiger partial charge in [0.1, 0.15) is 23.8 Å². The molecule has 1 aliphatic rings. The van der Waals surface area contributed by atoms with Gasteiger partial charge in [-0.2, -0.15) is 0 Å². The zero-order chi connectivity index (χ0) is 25.5. The van der Waals surface area contributed by atoms with E-state index in [1.807, 2.05) is 74.5 Å². The molecule has 0 radical (unpaired) electrons. The average molecular weight is 490 g/mol. The minimum Gasteiger partial charge on any atom is -0.488 e. The van der Waals surface area contributed by atoms with E-state index in [-0.39, 0.29) is 18.5 Å². The number of para-hydroxylation sites is 1. The summed E-state index contributed by atoms with van der Waals surface area (Å²) in [5, 5.41) is 10.0. The van der Waals surface area contributed by atoms with Crippen molar-refractivity contribution < 1.29 is 19.4 Å². The van der Waals surface area contributed by atoms with E-state index in [1.165, 1.54) is 0 Å². The lowest BCUT2D eigenvalue weighted by atomic mass is 9.93. The summed E-state index contributed by atoms with van der Waals surface area (Å²) in [5.41, 5.74) is 9.33. The Morgan fingerprint density at radius 3 is 2.47 bits per heavy atom. The molecule has 1 aromatic heterocycles. The lowest BCUT2D eigenvalue weighted by Gasteiger charge is -2.32. The summed E-state index contributed by atoms with van der Waals surface area (Å²) in [6.45, 7) is 5.38. The first-order chi connectivity index (χ1) is 17.4. The molecule has 0 bridgehead atoms. The first kappa shape index (κ1) is 25.5. The van der Waals surface area contributed by atoms with E-state index >= 15 is 0 Å². The number of carbonyl (C=O) groups excluding carboxylic acids is 1. The molecule has 1 fully saturated rings. The van der Waals surface area contributed by atoms with Crippen LogP contribution in [0.25, 0.3) is 11.3 Å². The first-order valence-corrected chi connectivity index (χ1v) is 12.5. The summed E-state index contributed by atoms with van der Waals surface area (Å²) in [7, 11) is 0. The lowest BCUT2D eigenvalue weighted by Crippen LogP contribution is -2.41. The summed E-state index contributed by atoms with van der Waals surface area (Å²) in [4.78, 5) is 19.1. The average Bonchev–Trinajstić information content (AvgIpc) is 2.88. The molecule has 190 valence electrons. The van der Waals surface area contributed by atoms with Crippen LogP contribution in [0.3, 0.4) is 0 Å². The van der Waals surface area contributed by atoms with Gasteiger partial charge in [-0.05, 0) is 62.4 Å². The highest BCUT2D eigenvalue weighted by Crippen LogP contribution is 2.33. The van der Waals surface area contributed by atoms with E-state index < -0.39 is 5.60 Å². The molecule has 0 saturated carbocycles. The fraction of sp³-hybridized carbons (Fsp3) is 0.379. The van der Waals surface area contributed by atoms with E-state index in [9.17, 15) is 9.90 Å². The highest BCUT2D eigenvalue weighted by molar-refractivity contribution is 5.70. The molecule has 2 aromatic carbocycles. The molecule has 0 spiro atoms. The Kier molecular flexibility index (Phi) is 8.10. The van der Waals surface area contributed by atoms with Gasteiger partial charge in [0.2, 0.25) is 0 Å². The Labute approximate surface area is 212 Å². The van der Waals surface area contributed by atoms with Crippen LogP contribution in [0.2, 0.25) is 0 Å². The van der Waals surface area contributed by atoms with Crippen LogP contribution in [0.5, 0.6) is 5.75 Å². The molecule has 1 aliphatic heterocycles. The molecular weight excluding hydrogens is 454 g/mol. The van der Waals surface area contributed by atoms with Crippen LogP contribution in [-0.4, -0.2) is 39.8 Å². The van der Waals surface area contributed by atoms with Gasteiger partial charge in [-0.15, -0.1) is 0 Å². The second-order valence-corrected chi connectivity index (χ2v) is 9.81. The van der Waals surface area contributed by atoms with Crippen molar-refractivity contribution in [2.75, 3.05) is 18.8 Å². The van der Waals surface area contributed by atoms with E-state index in [4.69, 9.17) is 15.2 Å². The molecule has 2 heterocycles. The molecule has 36 heavy (non-hydrogen) atoms. The standard InChI is InChI=1S/C29H35N3O4/c1-29(2,36-28(34)32-15-9-4-10-16-32)18-22-17-25(31-27(30)24(22)19-33)23-13-7-8-14-26(23)35-20-21-11-5-3-6-12-21/h3,5-8,11-14,17,33H,4,9-10,15-16,18-20H2,1-2H3,(H2,30,31). The number of aliphatic hydroxyl groups is 1. The molecule has 1 amide bonds. The number of rotatable bonds is 8. The van der Waals surface area contributed by atoms with Crippen LogP contribution < -0.4 is 10.5 Å². The topological polar surface area (TPSA) is 97.9 Å². The predicted octanol–water partition coefficient (Wildman–Crippen LogP) is 5.35. The van der Waals surface area contributed by atoms with Crippen molar-refractivity contribution in [1.82, 2.24) is 9.88 Å². The van der Waals surface area contributed by atoms with E-state index in [0.717, 1.165) is 49.0 Å².